The number of thioether (sulfide) groups is 1. The van der Waals surface area contributed by atoms with Gasteiger partial charge in [-0.3, -0.25) is 0 Å². The highest BCUT2D eigenvalue weighted by atomic mass is 79.9. The molecule has 1 aromatic rings. The summed E-state index contributed by atoms with van der Waals surface area (Å²) in [6, 6.07) is 0. The first kappa shape index (κ1) is 15.6. The zero-order valence-corrected chi connectivity index (χ0v) is 13.4. The lowest BCUT2D eigenvalue weighted by Crippen LogP contribution is -2.06. The molecule has 0 aliphatic carbocycles. The van der Waals surface area contributed by atoms with Crippen molar-refractivity contribution in [1.82, 2.24) is 9.97 Å². The molecule has 0 saturated carbocycles. The summed E-state index contributed by atoms with van der Waals surface area (Å²) < 4.78 is 0.906. The van der Waals surface area contributed by atoms with Crippen molar-refractivity contribution in [1.29, 1.82) is 0 Å². The fourth-order valence-electron chi connectivity index (χ4n) is 1.54. The SMILES string of the molecule is CNc1ncc(Br)c(NCCCCCCSC)n1. The lowest BCUT2D eigenvalue weighted by Gasteiger charge is -2.08. The van der Waals surface area contributed by atoms with Gasteiger partial charge in [0.15, 0.2) is 0 Å². The molecule has 0 saturated heterocycles. The summed E-state index contributed by atoms with van der Waals surface area (Å²) in [5.74, 6) is 2.77. The molecule has 2 N–H and O–H groups in total. The van der Waals surface area contributed by atoms with Crippen LogP contribution in [0.15, 0.2) is 10.7 Å². The molecule has 0 aliphatic rings. The van der Waals surface area contributed by atoms with Gasteiger partial charge < -0.3 is 10.6 Å². The molecule has 0 unspecified atom stereocenters. The van der Waals surface area contributed by atoms with Gasteiger partial charge in [-0.25, -0.2) is 4.98 Å². The second-order valence-electron chi connectivity index (χ2n) is 3.97. The van der Waals surface area contributed by atoms with E-state index in [9.17, 15) is 0 Å². The second kappa shape index (κ2) is 9.44. The molecule has 0 aromatic carbocycles. The highest BCUT2D eigenvalue weighted by Crippen LogP contribution is 2.19. The zero-order valence-electron chi connectivity index (χ0n) is 11.0. The number of nitrogens with one attached hydrogen (secondary N) is 2. The lowest BCUT2D eigenvalue weighted by atomic mass is 10.2. The maximum absolute atomic E-state index is 4.35. The quantitative estimate of drug-likeness (QED) is 0.676. The number of rotatable bonds is 9. The van der Waals surface area contributed by atoms with Crippen molar-refractivity contribution >= 4 is 39.5 Å². The Kier molecular flexibility index (Phi) is 8.17. The summed E-state index contributed by atoms with van der Waals surface area (Å²) >= 11 is 5.37. The van der Waals surface area contributed by atoms with Crippen molar-refractivity contribution in [2.45, 2.75) is 25.7 Å². The smallest absolute Gasteiger partial charge is 0.224 e. The van der Waals surface area contributed by atoms with Crippen LogP contribution in [0.2, 0.25) is 0 Å². The molecular weight excluding hydrogens is 312 g/mol. The van der Waals surface area contributed by atoms with Crippen molar-refractivity contribution in [3.05, 3.63) is 10.7 Å². The van der Waals surface area contributed by atoms with Gasteiger partial charge in [-0.15, -0.1) is 0 Å². The molecule has 1 aromatic heterocycles. The van der Waals surface area contributed by atoms with Gasteiger partial charge in [0.05, 0.1) is 4.47 Å². The minimum Gasteiger partial charge on any atom is -0.369 e. The van der Waals surface area contributed by atoms with Gasteiger partial charge in [0, 0.05) is 19.8 Å². The Morgan fingerprint density at radius 1 is 1.28 bits per heavy atom. The summed E-state index contributed by atoms with van der Waals surface area (Å²) in [6.45, 7) is 0.956. The van der Waals surface area contributed by atoms with Crippen LogP contribution in [-0.4, -0.2) is 35.6 Å². The average molecular weight is 333 g/mol. The Bertz CT molecular complexity index is 349. The maximum atomic E-state index is 4.35. The summed E-state index contributed by atoms with van der Waals surface area (Å²) in [5.41, 5.74) is 0. The number of nitrogens with zero attached hydrogens (tertiary/aromatic N) is 2. The molecule has 1 rings (SSSR count). The molecule has 0 radical (unpaired) electrons. The van der Waals surface area contributed by atoms with Crippen molar-refractivity contribution in [3.8, 4) is 0 Å². The van der Waals surface area contributed by atoms with Crippen LogP contribution in [0.4, 0.5) is 11.8 Å². The summed E-state index contributed by atoms with van der Waals surface area (Å²) in [5, 5.41) is 6.27. The highest BCUT2D eigenvalue weighted by Gasteiger charge is 2.02. The Morgan fingerprint density at radius 2 is 2.06 bits per heavy atom. The number of hydrogen-bond donors (Lipinski definition) is 2. The molecule has 0 bridgehead atoms. The van der Waals surface area contributed by atoms with Crippen LogP contribution >= 0.6 is 27.7 Å². The predicted octanol–water partition coefficient (Wildman–Crippen LogP) is 3.62. The Balaban J connectivity index is 2.22. The third kappa shape index (κ3) is 5.91. The number of unbranched alkanes of at least 4 members (excludes halogenated alkanes) is 3. The minimum atomic E-state index is 0.640. The van der Waals surface area contributed by atoms with E-state index in [0.717, 1.165) is 16.8 Å². The predicted molar refractivity (Wildman–Crippen MR) is 84.6 cm³/mol. The van der Waals surface area contributed by atoms with Crippen molar-refractivity contribution < 1.29 is 0 Å². The molecule has 102 valence electrons. The van der Waals surface area contributed by atoms with E-state index in [-0.39, 0.29) is 0 Å². The topological polar surface area (TPSA) is 49.8 Å². The number of halogens is 1. The van der Waals surface area contributed by atoms with E-state index in [0.29, 0.717) is 5.95 Å². The Hall–Kier alpha value is -0.490. The summed E-state index contributed by atoms with van der Waals surface area (Å²) in [6.07, 6.45) is 9.01. The fourth-order valence-corrected chi connectivity index (χ4v) is 2.37. The van der Waals surface area contributed by atoms with Gasteiger partial charge in [-0.05, 0) is 40.8 Å². The number of anilines is 2. The summed E-state index contributed by atoms with van der Waals surface area (Å²) in [7, 11) is 1.82. The first-order valence-corrected chi connectivity index (χ1v) is 8.39. The third-order valence-corrected chi connectivity index (χ3v) is 3.81. The van der Waals surface area contributed by atoms with Crippen molar-refractivity contribution in [3.63, 3.8) is 0 Å². The standard InChI is InChI=1S/C12H21BrN4S/c1-14-12-16-9-10(13)11(17-12)15-7-5-3-4-6-8-18-2/h9H,3-8H2,1-2H3,(H2,14,15,16,17). The molecule has 0 aliphatic heterocycles. The monoisotopic (exact) mass is 332 g/mol. The van der Waals surface area contributed by atoms with Crippen molar-refractivity contribution in [2.24, 2.45) is 0 Å². The van der Waals surface area contributed by atoms with Crippen LogP contribution in [0, 0.1) is 0 Å². The van der Waals surface area contributed by atoms with Crippen LogP contribution in [0.3, 0.4) is 0 Å². The van der Waals surface area contributed by atoms with Gasteiger partial charge >= 0.3 is 0 Å². The van der Waals surface area contributed by atoms with E-state index >= 15 is 0 Å². The summed E-state index contributed by atoms with van der Waals surface area (Å²) in [4.78, 5) is 8.48. The largest absolute Gasteiger partial charge is 0.369 e. The van der Waals surface area contributed by atoms with E-state index in [1.54, 1.807) is 6.20 Å². The lowest BCUT2D eigenvalue weighted by molar-refractivity contribution is 0.688. The Labute approximate surface area is 122 Å². The van der Waals surface area contributed by atoms with Gasteiger partial charge in [0.1, 0.15) is 5.82 Å². The molecule has 0 fully saturated rings. The molecule has 18 heavy (non-hydrogen) atoms. The van der Waals surface area contributed by atoms with E-state index in [1.807, 2.05) is 18.8 Å². The average Bonchev–Trinajstić information content (AvgIpc) is 2.39. The molecule has 1 heterocycles. The molecule has 4 nitrogen and oxygen atoms in total. The van der Waals surface area contributed by atoms with E-state index in [2.05, 4.69) is 42.8 Å². The molecule has 6 heteroatoms. The van der Waals surface area contributed by atoms with Crippen LogP contribution in [0.25, 0.3) is 0 Å². The number of aromatic nitrogens is 2. The van der Waals surface area contributed by atoms with Gasteiger partial charge in [-0.1, -0.05) is 12.8 Å². The second-order valence-corrected chi connectivity index (χ2v) is 5.81. The van der Waals surface area contributed by atoms with E-state index in [1.165, 1.54) is 31.4 Å². The maximum Gasteiger partial charge on any atom is 0.224 e. The minimum absolute atomic E-state index is 0.640. The fraction of sp³-hybridized carbons (Fsp3) is 0.667. The molecule has 0 spiro atoms. The van der Waals surface area contributed by atoms with Crippen LogP contribution in [0.1, 0.15) is 25.7 Å². The number of hydrogen-bond acceptors (Lipinski definition) is 5. The van der Waals surface area contributed by atoms with Gasteiger partial charge in [-0.2, -0.15) is 16.7 Å². The van der Waals surface area contributed by atoms with Crippen molar-refractivity contribution in [2.75, 3.05) is 36.2 Å². The first-order valence-electron chi connectivity index (χ1n) is 6.21. The Morgan fingerprint density at radius 3 is 2.78 bits per heavy atom. The van der Waals surface area contributed by atoms with Gasteiger partial charge in [0.25, 0.3) is 0 Å². The van der Waals surface area contributed by atoms with Crippen LogP contribution in [-0.2, 0) is 0 Å². The van der Waals surface area contributed by atoms with E-state index < -0.39 is 0 Å². The van der Waals surface area contributed by atoms with Crippen LogP contribution < -0.4 is 10.6 Å². The highest BCUT2D eigenvalue weighted by molar-refractivity contribution is 9.10. The van der Waals surface area contributed by atoms with Gasteiger partial charge in [0.2, 0.25) is 5.95 Å². The van der Waals surface area contributed by atoms with E-state index in [4.69, 9.17) is 0 Å². The molecular formula is C12H21BrN4S. The molecule has 0 amide bonds. The van der Waals surface area contributed by atoms with Crippen LogP contribution in [0.5, 0.6) is 0 Å². The normalized spacial score (nSPS) is 10.4. The zero-order chi connectivity index (χ0) is 13.2. The third-order valence-electron chi connectivity index (χ3n) is 2.54. The first-order chi connectivity index (χ1) is 8.77. The molecule has 0 atom stereocenters.